The standard InChI is InChI=1S/C17H17F3N6O2/c18-17(19,20)16-23-22-13-3-4-14(24-26(13)16)25-7-5-11(6-8-25)15(27)21-10-12-2-1-9-28-12/h1-4,9,11H,5-8,10H2,(H,21,27). The number of carbonyl (C=O) groups is 1. The van der Waals surface area contributed by atoms with Gasteiger partial charge in [0, 0.05) is 19.0 Å². The maximum Gasteiger partial charge on any atom is 0.453 e. The third-order valence-corrected chi connectivity index (χ3v) is 4.71. The van der Waals surface area contributed by atoms with Crippen molar-refractivity contribution in [1.29, 1.82) is 0 Å². The largest absolute Gasteiger partial charge is 0.467 e. The number of furan rings is 1. The molecule has 1 saturated heterocycles. The average molecular weight is 394 g/mol. The first kappa shape index (κ1) is 18.3. The Balaban J connectivity index is 1.40. The first-order chi connectivity index (χ1) is 13.4. The molecule has 148 valence electrons. The zero-order valence-electron chi connectivity index (χ0n) is 14.7. The van der Waals surface area contributed by atoms with E-state index in [2.05, 4.69) is 20.6 Å². The van der Waals surface area contributed by atoms with Gasteiger partial charge in [-0.1, -0.05) is 0 Å². The van der Waals surface area contributed by atoms with E-state index in [1.165, 1.54) is 6.07 Å². The molecule has 4 rings (SSSR count). The fraction of sp³-hybridized carbons (Fsp3) is 0.412. The van der Waals surface area contributed by atoms with Crippen molar-refractivity contribution in [3.05, 3.63) is 42.1 Å². The number of rotatable bonds is 4. The van der Waals surface area contributed by atoms with Crippen LogP contribution in [0.1, 0.15) is 24.4 Å². The number of hydrogen-bond donors (Lipinski definition) is 1. The van der Waals surface area contributed by atoms with E-state index in [-0.39, 0.29) is 17.5 Å². The summed E-state index contributed by atoms with van der Waals surface area (Å²) in [6.07, 6.45) is -1.93. The van der Waals surface area contributed by atoms with E-state index in [4.69, 9.17) is 4.42 Å². The van der Waals surface area contributed by atoms with E-state index in [1.54, 1.807) is 24.5 Å². The molecule has 28 heavy (non-hydrogen) atoms. The molecule has 0 unspecified atom stereocenters. The summed E-state index contributed by atoms with van der Waals surface area (Å²) in [5, 5.41) is 13.6. The van der Waals surface area contributed by atoms with Gasteiger partial charge < -0.3 is 14.6 Å². The highest BCUT2D eigenvalue weighted by atomic mass is 19.4. The quantitative estimate of drug-likeness (QED) is 0.730. The molecule has 0 aromatic carbocycles. The van der Waals surface area contributed by atoms with Crippen LogP contribution in [0.4, 0.5) is 19.0 Å². The van der Waals surface area contributed by atoms with Gasteiger partial charge in [0.2, 0.25) is 5.91 Å². The number of anilines is 1. The Morgan fingerprint density at radius 1 is 1.21 bits per heavy atom. The lowest BCUT2D eigenvalue weighted by molar-refractivity contribution is -0.146. The number of aromatic nitrogens is 4. The zero-order chi connectivity index (χ0) is 19.7. The van der Waals surface area contributed by atoms with E-state index in [1.807, 2.05) is 4.90 Å². The molecule has 1 N–H and O–H groups in total. The fourth-order valence-corrected chi connectivity index (χ4v) is 3.23. The van der Waals surface area contributed by atoms with Gasteiger partial charge in [0.1, 0.15) is 11.6 Å². The summed E-state index contributed by atoms with van der Waals surface area (Å²) >= 11 is 0. The number of fused-ring (bicyclic) bond motifs is 1. The van der Waals surface area contributed by atoms with Crippen LogP contribution < -0.4 is 10.2 Å². The topological polar surface area (TPSA) is 88.6 Å². The van der Waals surface area contributed by atoms with Crippen molar-refractivity contribution < 1.29 is 22.4 Å². The molecule has 0 bridgehead atoms. The summed E-state index contributed by atoms with van der Waals surface area (Å²) in [5.74, 6) is -0.297. The Bertz CT molecular complexity index is 961. The molecule has 0 atom stereocenters. The molecule has 0 aliphatic carbocycles. The summed E-state index contributed by atoms with van der Waals surface area (Å²) in [5.41, 5.74) is 0.0308. The average Bonchev–Trinajstić information content (AvgIpc) is 3.35. The van der Waals surface area contributed by atoms with Crippen molar-refractivity contribution in [3.63, 3.8) is 0 Å². The van der Waals surface area contributed by atoms with E-state index in [0.29, 0.717) is 48.6 Å². The van der Waals surface area contributed by atoms with Crippen LogP contribution in [0.15, 0.2) is 34.9 Å². The number of alkyl halides is 3. The van der Waals surface area contributed by atoms with E-state index in [0.717, 1.165) is 0 Å². The molecule has 0 radical (unpaired) electrons. The van der Waals surface area contributed by atoms with Crippen LogP contribution in [0.3, 0.4) is 0 Å². The van der Waals surface area contributed by atoms with Gasteiger partial charge in [-0.2, -0.15) is 17.7 Å². The summed E-state index contributed by atoms with van der Waals surface area (Å²) in [6.45, 7) is 1.36. The SMILES string of the molecule is O=C(NCc1ccco1)C1CCN(c2ccc3nnc(C(F)(F)F)n3n2)CC1. The van der Waals surface area contributed by atoms with E-state index < -0.39 is 12.0 Å². The van der Waals surface area contributed by atoms with E-state index in [9.17, 15) is 18.0 Å². The van der Waals surface area contributed by atoms with Gasteiger partial charge in [-0.25, -0.2) is 0 Å². The van der Waals surface area contributed by atoms with Gasteiger partial charge in [0.25, 0.3) is 5.82 Å². The molecule has 1 amide bonds. The van der Waals surface area contributed by atoms with Crippen LogP contribution in [-0.2, 0) is 17.5 Å². The van der Waals surface area contributed by atoms with Gasteiger partial charge in [-0.15, -0.1) is 15.3 Å². The number of nitrogens with one attached hydrogen (secondary N) is 1. The van der Waals surface area contributed by atoms with Crippen LogP contribution in [0.2, 0.25) is 0 Å². The van der Waals surface area contributed by atoms with Crippen LogP contribution in [0.25, 0.3) is 5.65 Å². The van der Waals surface area contributed by atoms with Crippen molar-refractivity contribution in [3.8, 4) is 0 Å². The summed E-state index contributed by atoms with van der Waals surface area (Å²) in [7, 11) is 0. The van der Waals surface area contributed by atoms with Crippen molar-refractivity contribution >= 4 is 17.4 Å². The molecule has 3 aromatic heterocycles. The lowest BCUT2D eigenvalue weighted by Crippen LogP contribution is -2.40. The van der Waals surface area contributed by atoms with Crippen molar-refractivity contribution in [2.45, 2.75) is 25.6 Å². The molecular weight excluding hydrogens is 377 g/mol. The first-order valence-electron chi connectivity index (χ1n) is 8.76. The molecule has 0 saturated carbocycles. The molecule has 11 heteroatoms. The second-order valence-corrected chi connectivity index (χ2v) is 6.54. The number of amides is 1. The molecule has 1 aliphatic rings. The highest BCUT2D eigenvalue weighted by Gasteiger charge is 2.38. The highest BCUT2D eigenvalue weighted by Crippen LogP contribution is 2.28. The van der Waals surface area contributed by atoms with Crippen molar-refractivity contribution in [1.82, 2.24) is 25.1 Å². The van der Waals surface area contributed by atoms with Crippen LogP contribution in [0, 0.1) is 5.92 Å². The molecule has 1 aliphatic heterocycles. The van der Waals surface area contributed by atoms with Gasteiger partial charge in [0.05, 0.1) is 12.8 Å². The number of hydrogen-bond acceptors (Lipinski definition) is 6. The Hall–Kier alpha value is -3.11. The predicted molar refractivity (Wildman–Crippen MR) is 91.3 cm³/mol. The monoisotopic (exact) mass is 394 g/mol. The van der Waals surface area contributed by atoms with E-state index >= 15 is 0 Å². The number of nitrogens with zero attached hydrogens (tertiary/aromatic N) is 5. The van der Waals surface area contributed by atoms with Crippen LogP contribution in [0.5, 0.6) is 0 Å². The van der Waals surface area contributed by atoms with Gasteiger partial charge in [-0.3, -0.25) is 4.79 Å². The fourth-order valence-electron chi connectivity index (χ4n) is 3.23. The number of carbonyl (C=O) groups excluding carboxylic acids is 1. The third-order valence-electron chi connectivity index (χ3n) is 4.71. The predicted octanol–water partition coefficient (Wildman–Crippen LogP) is 2.27. The minimum Gasteiger partial charge on any atom is -0.467 e. The summed E-state index contributed by atoms with van der Waals surface area (Å²) in [4.78, 5) is 14.2. The molecular formula is C17H17F3N6O2. The lowest BCUT2D eigenvalue weighted by atomic mass is 9.96. The minimum atomic E-state index is -4.63. The normalized spacial score (nSPS) is 15.9. The molecule has 8 nitrogen and oxygen atoms in total. The van der Waals surface area contributed by atoms with Crippen molar-refractivity contribution in [2.75, 3.05) is 18.0 Å². The molecule has 1 fully saturated rings. The number of halogens is 3. The smallest absolute Gasteiger partial charge is 0.453 e. The Morgan fingerprint density at radius 2 is 2.00 bits per heavy atom. The maximum absolute atomic E-state index is 13.0. The maximum atomic E-state index is 13.0. The van der Waals surface area contributed by atoms with Gasteiger partial charge in [0.15, 0.2) is 5.65 Å². The van der Waals surface area contributed by atoms with Crippen LogP contribution >= 0.6 is 0 Å². The second kappa shape index (κ2) is 7.13. The van der Waals surface area contributed by atoms with Gasteiger partial charge >= 0.3 is 6.18 Å². The minimum absolute atomic E-state index is 0.0308. The second-order valence-electron chi connectivity index (χ2n) is 6.54. The molecule has 4 heterocycles. The first-order valence-corrected chi connectivity index (χ1v) is 8.76. The molecule has 0 spiro atoms. The summed E-state index contributed by atoms with van der Waals surface area (Å²) < 4.78 is 44.9. The molecule has 3 aromatic rings. The lowest BCUT2D eigenvalue weighted by Gasteiger charge is -2.32. The van der Waals surface area contributed by atoms with Crippen molar-refractivity contribution in [2.24, 2.45) is 5.92 Å². The summed E-state index contributed by atoms with van der Waals surface area (Å²) in [6, 6.07) is 6.60. The zero-order valence-corrected chi connectivity index (χ0v) is 14.7. The Labute approximate surface area is 157 Å². The van der Waals surface area contributed by atoms with Crippen LogP contribution in [-0.4, -0.2) is 38.8 Å². The Morgan fingerprint density at radius 3 is 2.68 bits per heavy atom. The highest BCUT2D eigenvalue weighted by molar-refractivity contribution is 5.78. The van der Waals surface area contributed by atoms with Gasteiger partial charge in [-0.05, 0) is 37.1 Å². The number of piperidine rings is 1. The Kier molecular flexibility index (Phi) is 4.65. The third kappa shape index (κ3) is 3.64.